The van der Waals surface area contributed by atoms with Gasteiger partial charge in [0.1, 0.15) is 11.5 Å². The van der Waals surface area contributed by atoms with Gasteiger partial charge in [-0.15, -0.1) is 0 Å². The van der Waals surface area contributed by atoms with E-state index in [9.17, 15) is 10.0 Å². The fourth-order valence-corrected chi connectivity index (χ4v) is 2.09. The number of methoxy groups -OCH3 is 2. The van der Waals surface area contributed by atoms with E-state index in [0.29, 0.717) is 11.5 Å². The highest BCUT2D eigenvalue weighted by Gasteiger charge is 2.23. The van der Waals surface area contributed by atoms with E-state index in [1.807, 2.05) is 12.1 Å². The van der Waals surface area contributed by atoms with E-state index >= 15 is 0 Å². The summed E-state index contributed by atoms with van der Waals surface area (Å²) in [6, 6.07) is 3.62. The molecular formula is C14H21BO4. The van der Waals surface area contributed by atoms with E-state index in [2.05, 4.69) is 19.9 Å². The van der Waals surface area contributed by atoms with Crippen LogP contribution in [-0.4, -0.2) is 31.4 Å². The van der Waals surface area contributed by atoms with Gasteiger partial charge in [0.15, 0.2) is 0 Å². The van der Waals surface area contributed by atoms with Crippen LogP contribution in [0.25, 0.3) is 5.57 Å². The van der Waals surface area contributed by atoms with Crippen LogP contribution in [0.2, 0.25) is 0 Å². The standard InChI is InChI=1S/C14H21BO4/c1-5-7-10(6-2)11-8-12(18-3)14(15(16)17)13(9-11)19-4/h7-9,16-17H,5-6H2,1-4H3/b10-7+. The average molecular weight is 264 g/mol. The second-order valence-electron chi connectivity index (χ2n) is 4.16. The van der Waals surface area contributed by atoms with E-state index in [4.69, 9.17) is 9.47 Å². The van der Waals surface area contributed by atoms with Crippen molar-refractivity contribution in [3.05, 3.63) is 23.8 Å². The molecule has 0 saturated heterocycles. The third kappa shape index (κ3) is 3.52. The monoisotopic (exact) mass is 264 g/mol. The molecule has 0 radical (unpaired) electrons. The van der Waals surface area contributed by atoms with E-state index in [-0.39, 0.29) is 5.46 Å². The summed E-state index contributed by atoms with van der Waals surface area (Å²) in [6.45, 7) is 4.16. The van der Waals surface area contributed by atoms with Gasteiger partial charge in [-0.1, -0.05) is 19.9 Å². The number of ether oxygens (including phenoxy) is 2. The summed E-state index contributed by atoms with van der Waals surface area (Å²) in [5, 5.41) is 18.8. The first-order valence-electron chi connectivity index (χ1n) is 6.40. The number of hydrogen-bond acceptors (Lipinski definition) is 4. The molecule has 104 valence electrons. The van der Waals surface area contributed by atoms with Crippen LogP contribution >= 0.6 is 0 Å². The normalized spacial score (nSPS) is 11.4. The van der Waals surface area contributed by atoms with Gasteiger partial charge in [0.2, 0.25) is 0 Å². The first kappa shape index (κ1) is 15.6. The lowest BCUT2D eigenvalue weighted by molar-refractivity contribution is 0.385. The van der Waals surface area contributed by atoms with Crippen molar-refractivity contribution >= 4 is 18.2 Å². The van der Waals surface area contributed by atoms with Crippen molar-refractivity contribution < 1.29 is 19.5 Å². The van der Waals surface area contributed by atoms with Crippen LogP contribution in [0.15, 0.2) is 18.2 Å². The molecule has 0 spiro atoms. The van der Waals surface area contributed by atoms with Gasteiger partial charge in [-0.3, -0.25) is 0 Å². The summed E-state index contributed by atoms with van der Waals surface area (Å²) < 4.78 is 10.5. The minimum absolute atomic E-state index is 0.251. The maximum absolute atomic E-state index is 9.42. The summed E-state index contributed by atoms with van der Waals surface area (Å²) >= 11 is 0. The zero-order valence-corrected chi connectivity index (χ0v) is 11.9. The van der Waals surface area contributed by atoms with Gasteiger partial charge in [0.05, 0.1) is 19.7 Å². The van der Waals surface area contributed by atoms with Crippen LogP contribution in [0.5, 0.6) is 11.5 Å². The molecule has 0 aliphatic carbocycles. The molecule has 1 aromatic carbocycles. The topological polar surface area (TPSA) is 58.9 Å². The van der Waals surface area contributed by atoms with Crippen molar-refractivity contribution in [2.24, 2.45) is 0 Å². The van der Waals surface area contributed by atoms with E-state index in [1.54, 1.807) is 0 Å². The minimum Gasteiger partial charge on any atom is -0.497 e. The smallest absolute Gasteiger partial charge is 0.496 e. The molecule has 1 aromatic rings. The number of benzene rings is 1. The summed E-state index contributed by atoms with van der Waals surface area (Å²) in [5.74, 6) is 0.833. The van der Waals surface area contributed by atoms with Crippen LogP contribution in [0, 0.1) is 0 Å². The van der Waals surface area contributed by atoms with Gasteiger partial charge in [0.25, 0.3) is 0 Å². The molecule has 4 nitrogen and oxygen atoms in total. The maximum atomic E-state index is 9.42. The summed E-state index contributed by atoms with van der Waals surface area (Å²) in [7, 11) is 1.37. The van der Waals surface area contributed by atoms with Gasteiger partial charge >= 0.3 is 7.12 Å². The van der Waals surface area contributed by atoms with Crippen LogP contribution in [0.3, 0.4) is 0 Å². The lowest BCUT2D eigenvalue weighted by atomic mass is 9.77. The molecule has 0 bridgehead atoms. The molecule has 2 N–H and O–H groups in total. The van der Waals surface area contributed by atoms with Crippen molar-refractivity contribution in [1.82, 2.24) is 0 Å². The Hall–Kier alpha value is -1.46. The lowest BCUT2D eigenvalue weighted by Crippen LogP contribution is -2.32. The molecule has 0 unspecified atom stereocenters. The molecule has 1 rings (SSSR count). The van der Waals surface area contributed by atoms with Crippen LogP contribution in [0.1, 0.15) is 32.3 Å². The highest BCUT2D eigenvalue weighted by atomic mass is 16.5. The molecule has 0 amide bonds. The molecule has 0 aromatic heterocycles. The molecule has 5 heteroatoms. The third-order valence-electron chi connectivity index (χ3n) is 3.00. The molecular weight excluding hydrogens is 243 g/mol. The van der Waals surface area contributed by atoms with Crippen LogP contribution in [-0.2, 0) is 0 Å². The fraction of sp³-hybridized carbons (Fsp3) is 0.429. The van der Waals surface area contributed by atoms with Crippen molar-refractivity contribution in [3.63, 3.8) is 0 Å². The first-order chi connectivity index (χ1) is 9.08. The van der Waals surface area contributed by atoms with E-state index in [1.165, 1.54) is 19.8 Å². The predicted molar refractivity (Wildman–Crippen MR) is 77.9 cm³/mol. The number of allylic oxidation sites excluding steroid dienone is 2. The van der Waals surface area contributed by atoms with Crippen molar-refractivity contribution in [1.29, 1.82) is 0 Å². The first-order valence-corrected chi connectivity index (χ1v) is 6.40. The molecule has 0 heterocycles. The Morgan fingerprint density at radius 1 is 1.16 bits per heavy atom. The third-order valence-corrected chi connectivity index (χ3v) is 3.00. The Labute approximate surface area is 114 Å². The molecule has 0 saturated carbocycles. The summed E-state index contributed by atoms with van der Waals surface area (Å²) in [6.07, 6.45) is 3.97. The molecule has 0 atom stereocenters. The SMILES string of the molecule is CC/C=C(\CC)c1cc(OC)c(B(O)O)c(OC)c1. The molecule has 0 aliphatic heterocycles. The van der Waals surface area contributed by atoms with Crippen molar-refractivity contribution in [3.8, 4) is 11.5 Å². The van der Waals surface area contributed by atoms with Gasteiger partial charge in [0, 0.05) is 0 Å². The molecule has 19 heavy (non-hydrogen) atoms. The zero-order chi connectivity index (χ0) is 14.4. The van der Waals surface area contributed by atoms with E-state index < -0.39 is 7.12 Å². The highest BCUT2D eigenvalue weighted by molar-refractivity contribution is 6.61. The lowest BCUT2D eigenvalue weighted by Gasteiger charge is -2.16. The Kier molecular flexibility index (Phi) is 5.92. The van der Waals surface area contributed by atoms with Crippen molar-refractivity contribution in [2.45, 2.75) is 26.7 Å². The zero-order valence-electron chi connectivity index (χ0n) is 11.9. The quantitative estimate of drug-likeness (QED) is 0.766. The van der Waals surface area contributed by atoms with E-state index in [0.717, 1.165) is 18.4 Å². The minimum atomic E-state index is -1.63. The molecule has 0 aliphatic rings. The Balaban J connectivity index is 3.42. The van der Waals surface area contributed by atoms with Gasteiger partial charge < -0.3 is 19.5 Å². The van der Waals surface area contributed by atoms with Crippen LogP contribution < -0.4 is 14.9 Å². The average Bonchev–Trinajstić information content (AvgIpc) is 2.42. The Morgan fingerprint density at radius 3 is 2.00 bits per heavy atom. The summed E-state index contributed by atoms with van der Waals surface area (Å²) in [4.78, 5) is 0. The second kappa shape index (κ2) is 7.21. The van der Waals surface area contributed by atoms with Crippen molar-refractivity contribution in [2.75, 3.05) is 14.2 Å². The van der Waals surface area contributed by atoms with Gasteiger partial charge in [-0.05, 0) is 36.1 Å². The summed E-state index contributed by atoms with van der Waals surface area (Å²) in [5.41, 5.74) is 2.40. The largest absolute Gasteiger partial charge is 0.497 e. The van der Waals surface area contributed by atoms with Crippen LogP contribution in [0.4, 0.5) is 0 Å². The fourth-order valence-electron chi connectivity index (χ4n) is 2.09. The predicted octanol–water partition coefficient (Wildman–Crippen LogP) is 1.59. The molecule has 0 fully saturated rings. The maximum Gasteiger partial charge on any atom is 0.496 e. The Morgan fingerprint density at radius 2 is 1.68 bits per heavy atom. The Bertz CT molecular complexity index is 430. The van der Waals surface area contributed by atoms with Gasteiger partial charge in [-0.2, -0.15) is 0 Å². The highest BCUT2D eigenvalue weighted by Crippen LogP contribution is 2.27. The number of rotatable bonds is 6. The second-order valence-corrected chi connectivity index (χ2v) is 4.16. The van der Waals surface area contributed by atoms with Gasteiger partial charge in [-0.25, -0.2) is 0 Å². The number of hydrogen-bond donors (Lipinski definition) is 2.